The molecule has 0 aromatic heterocycles. The van der Waals surface area contributed by atoms with Gasteiger partial charge in [-0.25, -0.2) is 0 Å². The van der Waals surface area contributed by atoms with E-state index in [2.05, 4.69) is 5.32 Å². The normalized spacial score (nSPS) is 17.8. The van der Waals surface area contributed by atoms with Crippen molar-refractivity contribution >= 4 is 8.32 Å². The van der Waals surface area contributed by atoms with Gasteiger partial charge in [0.1, 0.15) is 0 Å². The van der Waals surface area contributed by atoms with E-state index in [1.165, 1.54) is 13.1 Å². The molecule has 0 saturated carbocycles. The smallest absolute Gasteiger partial charge is 0.415 e. The maximum Gasteiger partial charge on any atom is 0.416 e. The van der Waals surface area contributed by atoms with E-state index in [0.29, 0.717) is 37.2 Å². The fourth-order valence-corrected chi connectivity index (χ4v) is 7.32. The second kappa shape index (κ2) is 10.6. The van der Waals surface area contributed by atoms with Gasteiger partial charge in [-0.3, -0.25) is 0 Å². The fourth-order valence-electron chi connectivity index (χ4n) is 4.58. The van der Waals surface area contributed by atoms with Crippen molar-refractivity contribution in [1.29, 1.82) is 0 Å². The molecule has 1 fully saturated rings. The summed E-state index contributed by atoms with van der Waals surface area (Å²) in [4.78, 5) is 0. The zero-order valence-electron chi connectivity index (χ0n) is 20.4. The number of nitrogens with one attached hydrogen (secondary N) is 1. The summed E-state index contributed by atoms with van der Waals surface area (Å²) in [7, 11) is -3.72. The Hall–Kier alpha value is -2.26. The molecule has 3 rings (SSSR count). The van der Waals surface area contributed by atoms with Crippen LogP contribution >= 0.6 is 0 Å². The first-order valence-corrected chi connectivity index (χ1v) is 14.5. The second-order valence-corrected chi connectivity index (χ2v) is 13.9. The molecule has 0 aliphatic carbocycles. The zero-order valence-corrected chi connectivity index (χ0v) is 21.4. The maximum atomic E-state index is 13.6. The molecule has 15 heteroatoms. The lowest BCUT2D eigenvalue weighted by atomic mass is 9.95. The molecule has 1 N–H and O–H groups in total. The van der Waals surface area contributed by atoms with Gasteiger partial charge >= 0.3 is 24.7 Å². The Balaban J connectivity index is 2.31. The third-order valence-electron chi connectivity index (χ3n) is 6.40. The molecule has 1 atom stereocenters. The van der Waals surface area contributed by atoms with Crippen molar-refractivity contribution in [2.45, 2.75) is 62.2 Å². The average molecular weight is 598 g/mol. The molecule has 1 aliphatic rings. The van der Waals surface area contributed by atoms with Crippen LogP contribution in [0, 0.1) is 0 Å². The minimum atomic E-state index is -5.29. The van der Waals surface area contributed by atoms with Crippen LogP contribution in [0.15, 0.2) is 36.4 Å². The predicted octanol–water partition coefficient (Wildman–Crippen LogP) is 8.41. The quantitative estimate of drug-likeness (QED) is 0.267. The van der Waals surface area contributed by atoms with Crippen LogP contribution in [0.1, 0.15) is 51.8 Å². The highest BCUT2D eigenvalue weighted by molar-refractivity contribution is 6.73. The molecule has 0 bridgehead atoms. The zero-order chi connectivity index (χ0) is 29.6. The molecule has 0 amide bonds. The SMILES string of the molecule is C[Si](C)(OC[C@@H]1CCCN1)C(c1cc(C(F)(F)F)cc(C(F)(F)F)c1)c1cc(C(F)(F)F)cc(C(F)(F)F)c1. The highest BCUT2D eigenvalue weighted by atomic mass is 28.4. The van der Waals surface area contributed by atoms with Crippen LogP contribution in [0.5, 0.6) is 0 Å². The van der Waals surface area contributed by atoms with Crippen molar-refractivity contribution in [2.75, 3.05) is 13.2 Å². The molecule has 0 spiro atoms. The Morgan fingerprint density at radius 3 is 1.33 bits per heavy atom. The van der Waals surface area contributed by atoms with Crippen LogP contribution in [0.25, 0.3) is 0 Å². The van der Waals surface area contributed by atoms with E-state index in [-0.39, 0.29) is 24.8 Å². The minimum absolute atomic E-state index is 0.0775. The summed E-state index contributed by atoms with van der Waals surface area (Å²) in [6.45, 7) is 3.19. The number of halogens is 12. The van der Waals surface area contributed by atoms with E-state index >= 15 is 0 Å². The van der Waals surface area contributed by atoms with Gasteiger partial charge in [-0.05, 0) is 80.0 Å². The van der Waals surface area contributed by atoms with Crippen molar-refractivity contribution in [1.82, 2.24) is 5.32 Å². The Morgan fingerprint density at radius 1 is 0.692 bits per heavy atom. The van der Waals surface area contributed by atoms with Crippen molar-refractivity contribution in [3.05, 3.63) is 69.8 Å². The molecule has 2 aromatic rings. The van der Waals surface area contributed by atoms with Gasteiger partial charge in [-0.2, -0.15) is 52.7 Å². The third-order valence-corrected chi connectivity index (χ3v) is 9.37. The number of rotatable bonds is 6. The van der Waals surface area contributed by atoms with E-state index in [0.717, 1.165) is 6.42 Å². The van der Waals surface area contributed by atoms with Crippen LogP contribution in [-0.4, -0.2) is 27.5 Å². The molecule has 1 aliphatic heterocycles. The predicted molar refractivity (Wildman–Crippen MR) is 119 cm³/mol. The van der Waals surface area contributed by atoms with Gasteiger partial charge in [-0.1, -0.05) is 0 Å². The van der Waals surface area contributed by atoms with Gasteiger partial charge in [0.05, 0.1) is 22.3 Å². The first-order chi connectivity index (χ1) is 17.6. The number of alkyl halides is 12. The molecule has 0 radical (unpaired) electrons. The van der Waals surface area contributed by atoms with Crippen LogP contribution in [0.2, 0.25) is 13.1 Å². The molecule has 218 valence electrons. The van der Waals surface area contributed by atoms with Crippen molar-refractivity contribution < 1.29 is 57.1 Å². The fraction of sp³-hybridized carbons (Fsp3) is 0.500. The minimum Gasteiger partial charge on any atom is -0.415 e. The Bertz CT molecular complexity index is 1020. The summed E-state index contributed by atoms with van der Waals surface area (Å²) >= 11 is 0. The summed E-state index contributed by atoms with van der Waals surface area (Å²) in [6, 6.07) is 0.714. The van der Waals surface area contributed by atoms with Gasteiger partial charge < -0.3 is 9.74 Å². The summed E-state index contributed by atoms with van der Waals surface area (Å²) in [6.07, 6.45) is -19.8. The lowest BCUT2D eigenvalue weighted by molar-refractivity contribution is -0.144. The van der Waals surface area contributed by atoms with Crippen molar-refractivity contribution in [2.24, 2.45) is 0 Å². The van der Waals surface area contributed by atoms with Crippen LogP contribution in [-0.2, 0) is 29.1 Å². The highest BCUT2D eigenvalue weighted by Gasteiger charge is 2.44. The van der Waals surface area contributed by atoms with Gasteiger partial charge in [-0.15, -0.1) is 0 Å². The molecule has 1 heterocycles. The summed E-state index contributed by atoms with van der Waals surface area (Å²) in [5.41, 5.74) is -10.2. The first kappa shape index (κ1) is 31.3. The second-order valence-electron chi connectivity index (χ2n) is 9.82. The molecule has 39 heavy (non-hydrogen) atoms. The average Bonchev–Trinajstić information content (AvgIpc) is 3.29. The number of benzene rings is 2. The van der Waals surface area contributed by atoms with Gasteiger partial charge in [0.2, 0.25) is 0 Å². The first-order valence-electron chi connectivity index (χ1n) is 11.5. The maximum absolute atomic E-state index is 13.6. The van der Waals surface area contributed by atoms with Gasteiger partial charge in [0.15, 0.2) is 8.32 Å². The molecular weight excluding hydrogens is 574 g/mol. The molecule has 2 aromatic carbocycles. The van der Waals surface area contributed by atoms with E-state index in [9.17, 15) is 52.7 Å². The monoisotopic (exact) mass is 597 g/mol. The standard InChI is InChI=1S/C24H23F12NOSi/c1-39(2,38-12-19-4-3-5-37-19)20(13-6-15(21(25,26)27)10-16(7-13)22(28,29)30)14-8-17(23(31,32)33)11-18(9-14)24(34,35)36/h6-11,19-20,37H,3-5,12H2,1-2H3/t19-/m0/s1. The van der Waals surface area contributed by atoms with Gasteiger partial charge in [0.25, 0.3) is 0 Å². The lowest BCUT2D eigenvalue weighted by Gasteiger charge is -2.35. The van der Waals surface area contributed by atoms with E-state index < -0.39 is 71.9 Å². The van der Waals surface area contributed by atoms with Crippen molar-refractivity contribution in [3.8, 4) is 0 Å². The largest absolute Gasteiger partial charge is 0.416 e. The summed E-state index contributed by atoms with van der Waals surface area (Å²) < 4.78 is 169. The van der Waals surface area contributed by atoms with Crippen LogP contribution in [0.3, 0.4) is 0 Å². The molecular formula is C24H23F12NOSi. The number of hydrogen-bond donors (Lipinski definition) is 1. The van der Waals surface area contributed by atoms with Crippen LogP contribution < -0.4 is 5.32 Å². The van der Waals surface area contributed by atoms with E-state index in [1.54, 1.807) is 0 Å². The topological polar surface area (TPSA) is 21.3 Å². The molecule has 0 unspecified atom stereocenters. The summed E-state index contributed by atoms with van der Waals surface area (Å²) in [5, 5.41) is 3.07. The van der Waals surface area contributed by atoms with Crippen molar-refractivity contribution in [3.63, 3.8) is 0 Å². The Kier molecular flexibility index (Phi) is 8.51. The third kappa shape index (κ3) is 7.69. The molecule has 2 nitrogen and oxygen atoms in total. The van der Waals surface area contributed by atoms with Gasteiger partial charge in [0, 0.05) is 18.2 Å². The van der Waals surface area contributed by atoms with Crippen LogP contribution in [0.4, 0.5) is 52.7 Å². The summed E-state index contributed by atoms with van der Waals surface area (Å²) in [5.74, 6) is 0. The Morgan fingerprint density at radius 2 is 1.05 bits per heavy atom. The highest BCUT2D eigenvalue weighted by Crippen LogP contribution is 2.45. The van der Waals surface area contributed by atoms with E-state index in [4.69, 9.17) is 4.43 Å². The molecule has 1 saturated heterocycles. The number of hydrogen-bond acceptors (Lipinski definition) is 2. The Labute approximate surface area is 216 Å². The lowest BCUT2D eigenvalue weighted by Crippen LogP contribution is -2.43. The van der Waals surface area contributed by atoms with E-state index in [1.807, 2.05) is 0 Å².